The van der Waals surface area contributed by atoms with Crippen molar-refractivity contribution >= 4 is 18.1 Å². The number of carbonyl (C=O) groups excluding carboxylic acids is 2. The standard InChI is InChI=1S/C9H7NO2/c11-6-5-8-1-3-9(4-2-8)10-7-12/h1-4,6H,5H2. The molecule has 1 aromatic rings. The molecule has 0 heterocycles. The molecule has 1 rings (SSSR count). The molecule has 0 aliphatic carbocycles. The zero-order valence-corrected chi connectivity index (χ0v) is 6.36. The third kappa shape index (κ3) is 2.15. The van der Waals surface area contributed by atoms with Gasteiger partial charge in [0.15, 0.2) is 0 Å². The van der Waals surface area contributed by atoms with Crippen LogP contribution in [0.2, 0.25) is 0 Å². The van der Waals surface area contributed by atoms with Crippen LogP contribution in [0.1, 0.15) is 5.56 Å². The van der Waals surface area contributed by atoms with Crippen LogP contribution in [-0.2, 0) is 16.0 Å². The molecular weight excluding hydrogens is 154 g/mol. The lowest BCUT2D eigenvalue weighted by molar-refractivity contribution is -0.107. The second-order valence-electron chi connectivity index (χ2n) is 2.24. The van der Waals surface area contributed by atoms with Gasteiger partial charge in [0.05, 0.1) is 5.69 Å². The van der Waals surface area contributed by atoms with E-state index in [-0.39, 0.29) is 0 Å². The van der Waals surface area contributed by atoms with E-state index in [2.05, 4.69) is 4.99 Å². The number of benzene rings is 1. The van der Waals surface area contributed by atoms with Crippen molar-refractivity contribution in [2.24, 2.45) is 4.99 Å². The van der Waals surface area contributed by atoms with Gasteiger partial charge in [-0.1, -0.05) is 12.1 Å². The van der Waals surface area contributed by atoms with Crippen LogP contribution in [0.25, 0.3) is 0 Å². The summed E-state index contributed by atoms with van der Waals surface area (Å²) in [6.45, 7) is 0. The summed E-state index contributed by atoms with van der Waals surface area (Å²) < 4.78 is 0. The van der Waals surface area contributed by atoms with E-state index >= 15 is 0 Å². The highest BCUT2D eigenvalue weighted by Gasteiger charge is 1.91. The highest BCUT2D eigenvalue weighted by molar-refractivity contribution is 5.56. The molecule has 0 spiro atoms. The lowest BCUT2D eigenvalue weighted by Gasteiger charge is -1.93. The second kappa shape index (κ2) is 4.21. The minimum Gasteiger partial charge on any atom is -0.303 e. The van der Waals surface area contributed by atoms with E-state index in [1.54, 1.807) is 24.3 Å². The van der Waals surface area contributed by atoms with Crippen LogP contribution in [0.3, 0.4) is 0 Å². The third-order valence-corrected chi connectivity index (χ3v) is 1.43. The summed E-state index contributed by atoms with van der Waals surface area (Å²) in [5.74, 6) is 0. The fourth-order valence-electron chi connectivity index (χ4n) is 0.855. The van der Waals surface area contributed by atoms with E-state index in [9.17, 15) is 9.59 Å². The largest absolute Gasteiger partial charge is 0.303 e. The summed E-state index contributed by atoms with van der Waals surface area (Å²) in [4.78, 5) is 23.4. The lowest BCUT2D eigenvalue weighted by Crippen LogP contribution is -1.83. The van der Waals surface area contributed by atoms with Crippen molar-refractivity contribution in [1.82, 2.24) is 0 Å². The van der Waals surface area contributed by atoms with Crippen molar-refractivity contribution in [3.05, 3.63) is 29.8 Å². The number of aliphatic imine (C=N–C) groups is 1. The first-order chi connectivity index (χ1) is 5.86. The van der Waals surface area contributed by atoms with Gasteiger partial charge < -0.3 is 4.79 Å². The minimum atomic E-state index is 0.394. The van der Waals surface area contributed by atoms with E-state index in [1.165, 1.54) is 6.08 Å². The monoisotopic (exact) mass is 161 g/mol. The van der Waals surface area contributed by atoms with Crippen LogP contribution >= 0.6 is 0 Å². The molecule has 0 saturated carbocycles. The van der Waals surface area contributed by atoms with Crippen LogP contribution in [0, 0.1) is 0 Å². The second-order valence-corrected chi connectivity index (χ2v) is 2.24. The molecule has 3 heteroatoms. The molecule has 12 heavy (non-hydrogen) atoms. The number of isocyanates is 1. The van der Waals surface area contributed by atoms with Crippen LogP contribution in [0.4, 0.5) is 5.69 Å². The number of carbonyl (C=O) groups is 1. The smallest absolute Gasteiger partial charge is 0.240 e. The Bertz CT molecular complexity index is 310. The highest BCUT2D eigenvalue weighted by atomic mass is 16.1. The molecule has 0 atom stereocenters. The Morgan fingerprint density at radius 3 is 2.50 bits per heavy atom. The van der Waals surface area contributed by atoms with Gasteiger partial charge in [-0.25, -0.2) is 4.79 Å². The molecule has 1 aromatic carbocycles. The molecule has 0 amide bonds. The van der Waals surface area contributed by atoms with Crippen molar-refractivity contribution in [3.8, 4) is 0 Å². The predicted octanol–water partition coefficient (Wildman–Crippen LogP) is 1.40. The van der Waals surface area contributed by atoms with Crippen LogP contribution in [0.5, 0.6) is 0 Å². The van der Waals surface area contributed by atoms with Gasteiger partial charge in [0.2, 0.25) is 6.08 Å². The van der Waals surface area contributed by atoms with Crippen molar-refractivity contribution in [1.29, 1.82) is 0 Å². The van der Waals surface area contributed by atoms with Gasteiger partial charge in [-0.15, -0.1) is 0 Å². The number of rotatable bonds is 3. The first kappa shape index (κ1) is 8.37. The molecule has 0 bridgehead atoms. The lowest BCUT2D eigenvalue weighted by atomic mass is 10.1. The summed E-state index contributed by atoms with van der Waals surface area (Å²) in [7, 11) is 0. The van der Waals surface area contributed by atoms with Gasteiger partial charge in [0.25, 0.3) is 0 Å². The van der Waals surface area contributed by atoms with Crippen molar-refractivity contribution < 1.29 is 9.59 Å². The van der Waals surface area contributed by atoms with E-state index in [4.69, 9.17) is 0 Å². The Morgan fingerprint density at radius 1 is 1.33 bits per heavy atom. The average Bonchev–Trinajstić information content (AvgIpc) is 2.09. The van der Waals surface area contributed by atoms with Crippen molar-refractivity contribution in [2.45, 2.75) is 6.42 Å². The molecule has 0 saturated heterocycles. The summed E-state index contributed by atoms with van der Waals surface area (Å²) in [5.41, 5.74) is 1.47. The van der Waals surface area contributed by atoms with E-state index in [0.29, 0.717) is 12.1 Å². The fraction of sp³-hybridized carbons (Fsp3) is 0.111. The van der Waals surface area contributed by atoms with Crippen LogP contribution < -0.4 is 0 Å². The van der Waals surface area contributed by atoms with E-state index < -0.39 is 0 Å². The predicted molar refractivity (Wildman–Crippen MR) is 44.0 cm³/mol. The van der Waals surface area contributed by atoms with Gasteiger partial charge in [0, 0.05) is 6.42 Å². The molecule has 60 valence electrons. The van der Waals surface area contributed by atoms with Gasteiger partial charge in [-0.2, -0.15) is 4.99 Å². The minimum absolute atomic E-state index is 0.394. The molecule has 0 aliphatic rings. The molecule has 0 N–H and O–H groups in total. The van der Waals surface area contributed by atoms with E-state index in [1.807, 2.05) is 0 Å². The molecular formula is C9H7NO2. The maximum Gasteiger partial charge on any atom is 0.240 e. The maximum absolute atomic E-state index is 10.1. The first-order valence-corrected chi connectivity index (χ1v) is 3.47. The summed E-state index contributed by atoms with van der Waals surface area (Å²) >= 11 is 0. The summed E-state index contributed by atoms with van der Waals surface area (Å²) in [6, 6.07) is 6.85. The molecule has 3 nitrogen and oxygen atoms in total. The Kier molecular flexibility index (Phi) is 2.94. The van der Waals surface area contributed by atoms with Gasteiger partial charge in [-0.3, -0.25) is 0 Å². The Labute approximate surface area is 69.7 Å². The third-order valence-electron chi connectivity index (χ3n) is 1.43. The maximum atomic E-state index is 10.1. The number of aldehydes is 1. The molecule has 0 unspecified atom stereocenters. The number of hydrogen-bond donors (Lipinski definition) is 0. The zero-order valence-electron chi connectivity index (χ0n) is 6.36. The SMILES string of the molecule is O=C=Nc1ccc(CC=O)cc1. The zero-order chi connectivity index (χ0) is 8.81. The topological polar surface area (TPSA) is 46.5 Å². The van der Waals surface area contributed by atoms with Crippen LogP contribution in [0.15, 0.2) is 29.3 Å². The highest BCUT2D eigenvalue weighted by Crippen LogP contribution is 2.11. The fourth-order valence-corrected chi connectivity index (χ4v) is 0.855. The van der Waals surface area contributed by atoms with Gasteiger partial charge in [-0.05, 0) is 17.7 Å². The average molecular weight is 161 g/mol. The normalized spacial score (nSPS) is 8.67. The molecule has 0 aliphatic heterocycles. The quantitative estimate of drug-likeness (QED) is 0.382. The molecule has 0 aromatic heterocycles. The van der Waals surface area contributed by atoms with Crippen molar-refractivity contribution in [2.75, 3.05) is 0 Å². The van der Waals surface area contributed by atoms with Crippen LogP contribution in [-0.4, -0.2) is 12.4 Å². The number of nitrogens with zero attached hydrogens (tertiary/aromatic N) is 1. The molecule has 0 radical (unpaired) electrons. The van der Waals surface area contributed by atoms with Gasteiger partial charge >= 0.3 is 0 Å². The summed E-state index contributed by atoms with van der Waals surface area (Å²) in [6.07, 6.45) is 2.67. The Balaban J connectivity index is 2.84. The Morgan fingerprint density at radius 2 is 2.00 bits per heavy atom. The first-order valence-electron chi connectivity index (χ1n) is 3.47. The van der Waals surface area contributed by atoms with Crippen molar-refractivity contribution in [3.63, 3.8) is 0 Å². The van der Waals surface area contributed by atoms with Gasteiger partial charge in [0.1, 0.15) is 6.29 Å². The molecule has 0 fully saturated rings. The van der Waals surface area contributed by atoms with E-state index in [0.717, 1.165) is 11.8 Å². The summed E-state index contributed by atoms with van der Waals surface area (Å²) in [5, 5.41) is 0. The number of hydrogen-bond acceptors (Lipinski definition) is 3. The Hall–Kier alpha value is -1.73.